The molecular weight excluding hydrogens is 372 g/mol. The first-order chi connectivity index (χ1) is 13.5. The molecule has 6 heteroatoms. The Balaban J connectivity index is 1.60. The van der Waals surface area contributed by atoms with Crippen molar-refractivity contribution in [2.75, 3.05) is 19.0 Å². The highest BCUT2D eigenvalue weighted by Crippen LogP contribution is 2.27. The van der Waals surface area contributed by atoms with Gasteiger partial charge in [0.2, 0.25) is 0 Å². The predicted molar refractivity (Wildman–Crippen MR) is 113 cm³/mol. The summed E-state index contributed by atoms with van der Waals surface area (Å²) in [6, 6.07) is 13.7. The number of nitrogens with zero attached hydrogens (tertiary/aromatic N) is 1. The average molecular weight is 397 g/mol. The zero-order valence-corrected chi connectivity index (χ0v) is 17.3. The molecule has 146 valence electrons. The minimum absolute atomic E-state index is 0.0557. The maximum absolute atomic E-state index is 12.3. The number of aryl methyl sites for hydroxylation is 1. The zero-order chi connectivity index (χ0) is 20.1. The molecule has 0 bridgehead atoms. The van der Waals surface area contributed by atoms with E-state index in [2.05, 4.69) is 30.2 Å². The van der Waals surface area contributed by atoms with Crippen molar-refractivity contribution in [3.63, 3.8) is 0 Å². The van der Waals surface area contributed by atoms with Crippen LogP contribution in [0.1, 0.15) is 30.9 Å². The van der Waals surface area contributed by atoms with Gasteiger partial charge in [0, 0.05) is 10.9 Å². The Bertz CT molecular complexity index is 949. The first-order valence-corrected chi connectivity index (χ1v) is 9.97. The molecule has 3 aromatic rings. The highest BCUT2D eigenvalue weighted by Gasteiger charge is 2.11. The van der Waals surface area contributed by atoms with Crippen molar-refractivity contribution in [1.29, 1.82) is 0 Å². The van der Waals surface area contributed by atoms with Gasteiger partial charge in [-0.25, -0.2) is 4.98 Å². The van der Waals surface area contributed by atoms with Crippen LogP contribution in [0.3, 0.4) is 0 Å². The fourth-order valence-corrected chi connectivity index (χ4v) is 3.39. The number of benzene rings is 2. The number of amides is 1. The summed E-state index contributed by atoms with van der Waals surface area (Å²) in [7, 11) is 1.63. The molecule has 0 aliphatic carbocycles. The summed E-state index contributed by atoms with van der Waals surface area (Å²) in [5.41, 5.74) is 3.97. The number of methoxy groups -OCH3 is 1. The van der Waals surface area contributed by atoms with Gasteiger partial charge in [-0.2, -0.15) is 0 Å². The predicted octanol–water partition coefficient (Wildman–Crippen LogP) is 5.27. The van der Waals surface area contributed by atoms with E-state index in [9.17, 15) is 4.79 Å². The monoisotopic (exact) mass is 396 g/mol. The Morgan fingerprint density at radius 2 is 1.93 bits per heavy atom. The number of aromatic nitrogens is 1. The second-order valence-electron chi connectivity index (χ2n) is 6.78. The highest BCUT2D eigenvalue weighted by atomic mass is 32.1. The van der Waals surface area contributed by atoms with E-state index >= 15 is 0 Å². The topological polar surface area (TPSA) is 60.5 Å². The van der Waals surface area contributed by atoms with Crippen molar-refractivity contribution < 1.29 is 14.3 Å². The van der Waals surface area contributed by atoms with E-state index in [1.807, 2.05) is 48.7 Å². The van der Waals surface area contributed by atoms with Gasteiger partial charge in [-0.1, -0.05) is 26.0 Å². The lowest BCUT2D eigenvalue weighted by Crippen LogP contribution is -2.20. The molecule has 0 unspecified atom stereocenters. The van der Waals surface area contributed by atoms with Crippen LogP contribution < -0.4 is 14.8 Å². The van der Waals surface area contributed by atoms with Gasteiger partial charge in [-0.3, -0.25) is 10.1 Å². The fourth-order valence-electron chi connectivity index (χ4n) is 2.66. The third-order valence-electron chi connectivity index (χ3n) is 4.37. The average Bonchev–Trinajstić information content (AvgIpc) is 3.15. The minimum Gasteiger partial charge on any atom is -0.497 e. The molecule has 3 rings (SSSR count). The number of anilines is 1. The molecule has 0 aliphatic rings. The summed E-state index contributed by atoms with van der Waals surface area (Å²) in [5.74, 6) is 1.70. The Morgan fingerprint density at radius 1 is 1.18 bits per heavy atom. The molecule has 0 fully saturated rings. The summed E-state index contributed by atoms with van der Waals surface area (Å²) < 4.78 is 10.9. The van der Waals surface area contributed by atoms with E-state index in [0.29, 0.717) is 11.0 Å². The van der Waals surface area contributed by atoms with Crippen LogP contribution in [0.5, 0.6) is 11.5 Å². The van der Waals surface area contributed by atoms with Crippen molar-refractivity contribution in [2.45, 2.75) is 26.7 Å². The third-order valence-corrected chi connectivity index (χ3v) is 5.13. The number of carbonyl (C=O) groups excluding carboxylic acids is 1. The molecular formula is C22H24N2O3S. The number of hydrogen-bond acceptors (Lipinski definition) is 5. The van der Waals surface area contributed by atoms with Crippen LogP contribution in [0.15, 0.2) is 47.8 Å². The van der Waals surface area contributed by atoms with Gasteiger partial charge in [0.15, 0.2) is 11.7 Å². The van der Waals surface area contributed by atoms with E-state index in [0.717, 1.165) is 28.3 Å². The lowest BCUT2D eigenvalue weighted by molar-refractivity contribution is -0.118. The van der Waals surface area contributed by atoms with Crippen LogP contribution in [0.25, 0.3) is 11.3 Å². The number of ether oxygens (including phenoxy) is 2. The summed E-state index contributed by atoms with van der Waals surface area (Å²) in [4.78, 5) is 16.7. The van der Waals surface area contributed by atoms with Crippen LogP contribution in [-0.2, 0) is 4.79 Å². The number of hydrogen-bond donors (Lipinski definition) is 1. The molecule has 0 saturated carbocycles. The van der Waals surface area contributed by atoms with E-state index in [1.54, 1.807) is 7.11 Å². The maximum atomic E-state index is 12.3. The third kappa shape index (κ3) is 4.89. The largest absolute Gasteiger partial charge is 0.497 e. The van der Waals surface area contributed by atoms with Crippen molar-refractivity contribution in [3.8, 4) is 22.8 Å². The second kappa shape index (κ2) is 8.89. The van der Waals surface area contributed by atoms with Gasteiger partial charge in [0.05, 0.1) is 12.8 Å². The Kier molecular flexibility index (Phi) is 6.31. The molecule has 0 radical (unpaired) electrons. The Labute approximate surface area is 169 Å². The quantitative estimate of drug-likeness (QED) is 0.591. The van der Waals surface area contributed by atoms with Crippen LogP contribution in [0, 0.1) is 6.92 Å². The molecule has 1 amide bonds. The van der Waals surface area contributed by atoms with E-state index < -0.39 is 0 Å². The number of thiazole rings is 1. The Morgan fingerprint density at radius 3 is 2.61 bits per heavy atom. The number of carbonyl (C=O) groups is 1. The van der Waals surface area contributed by atoms with Gasteiger partial charge < -0.3 is 9.47 Å². The van der Waals surface area contributed by atoms with Crippen LogP contribution in [0.2, 0.25) is 0 Å². The lowest BCUT2D eigenvalue weighted by atomic mass is 10.0. The van der Waals surface area contributed by atoms with Gasteiger partial charge in [-0.05, 0) is 54.3 Å². The van der Waals surface area contributed by atoms with Gasteiger partial charge >= 0.3 is 0 Å². The van der Waals surface area contributed by atoms with E-state index in [4.69, 9.17) is 9.47 Å². The lowest BCUT2D eigenvalue weighted by Gasteiger charge is -2.12. The fraction of sp³-hybridized carbons (Fsp3) is 0.273. The normalized spacial score (nSPS) is 10.8. The standard InChI is InChI=1S/C22H24N2O3S/c1-14(2)17-6-5-15(3)20(11-17)27-12-21(25)24-22-23-19(13-28-22)16-7-9-18(26-4)10-8-16/h5-11,13-14H,12H2,1-4H3,(H,23,24,25). The van der Waals surface area contributed by atoms with Crippen LogP contribution >= 0.6 is 11.3 Å². The summed E-state index contributed by atoms with van der Waals surface area (Å²) in [5, 5.41) is 5.26. The van der Waals surface area contributed by atoms with Gasteiger partial charge in [0.25, 0.3) is 5.91 Å². The first-order valence-electron chi connectivity index (χ1n) is 9.09. The summed E-state index contributed by atoms with van der Waals surface area (Å²) in [6.07, 6.45) is 0. The number of nitrogens with one attached hydrogen (secondary N) is 1. The first kappa shape index (κ1) is 19.9. The molecule has 2 aromatic carbocycles. The maximum Gasteiger partial charge on any atom is 0.264 e. The molecule has 5 nitrogen and oxygen atoms in total. The SMILES string of the molecule is COc1ccc(-c2csc(NC(=O)COc3cc(C(C)C)ccc3C)n2)cc1. The van der Waals surface area contributed by atoms with E-state index in [-0.39, 0.29) is 12.5 Å². The Hall–Kier alpha value is -2.86. The molecule has 0 atom stereocenters. The molecule has 0 saturated heterocycles. The minimum atomic E-state index is -0.231. The smallest absolute Gasteiger partial charge is 0.264 e. The molecule has 0 spiro atoms. The number of rotatable bonds is 7. The molecule has 0 aliphatic heterocycles. The second-order valence-corrected chi connectivity index (χ2v) is 7.64. The highest BCUT2D eigenvalue weighted by molar-refractivity contribution is 7.14. The molecule has 1 heterocycles. The zero-order valence-electron chi connectivity index (χ0n) is 16.5. The van der Waals surface area contributed by atoms with Crippen molar-refractivity contribution in [1.82, 2.24) is 4.98 Å². The van der Waals surface area contributed by atoms with Gasteiger partial charge in [0.1, 0.15) is 11.5 Å². The summed E-state index contributed by atoms with van der Waals surface area (Å²) in [6.45, 7) is 6.17. The van der Waals surface area contributed by atoms with Crippen molar-refractivity contribution >= 4 is 22.4 Å². The van der Waals surface area contributed by atoms with Crippen LogP contribution in [-0.4, -0.2) is 24.6 Å². The molecule has 1 N–H and O–H groups in total. The van der Waals surface area contributed by atoms with Crippen molar-refractivity contribution in [3.05, 3.63) is 59.0 Å². The molecule has 28 heavy (non-hydrogen) atoms. The van der Waals surface area contributed by atoms with Crippen molar-refractivity contribution in [2.24, 2.45) is 0 Å². The van der Waals surface area contributed by atoms with Gasteiger partial charge in [-0.15, -0.1) is 11.3 Å². The van der Waals surface area contributed by atoms with E-state index in [1.165, 1.54) is 16.9 Å². The summed E-state index contributed by atoms with van der Waals surface area (Å²) >= 11 is 1.38. The molecule has 1 aromatic heterocycles. The van der Waals surface area contributed by atoms with Crippen LogP contribution in [0.4, 0.5) is 5.13 Å².